The third-order valence-corrected chi connectivity index (χ3v) is 3.86. The minimum absolute atomic E-state index is 0.251. The maximum Gasteiger partial charge on any atom is 0.237 e. The van der Waals surface area contributed by atoms with Crippen LogP contribution in [0.2, 0.25) is 0 Å². The van der Waals surface area contributed by atoms with Crippen molar-refractivity contribution in [3.05, 3.63) is 0 Å². The van der Waals surface area contributed by atoms with Gasteiger partial charge in [0.25, 0.3) is 0 Å². The number of nitrogens with one attached hydrogen (secondary N) is 1. The van der Waals surface area contributed by atoms with E-state index in [0.29, 0.717) is 26.1 Å². The number of hydrogen-bond acceptors (Lipinski definition) is 4. The fourth-order valence-corrected chi connectivity index (χ4v) is 2.72. The summed E-state index contributed by atoms with van der Waals surface area (Å²) < 4.78 is 11.3. The second kappa shape index (κ2) is 4.92. The second-order valence-corrected chi connectivity index (χ2v) is 4.98. The quantitative estimate of drug-likeness (QED) is 0.754. The van der Waals surface area contributed by atoms with Gasteiger partial charge in [-0.3, -0.25) is 4.79 Å². The Bertz CT molecular complexity index is 277. The lowest BCUT2D eigenvalue weighted by Gasteiger charge is -2.42. The van der Waals surface area contributed by atoms with Gasteiger partial charge in [0.05, 0.1) is 18.8 Å². The molecule has 3 N–H and O–H groups in total. The number of carbonyl (C=O) groups is 1. The topological polar surface area (TPSA) is 73.6 Å². The minimum Gasteiger partial charge on any atom is -0.368 e. The molecule has 2 fully saturated rings. The first kappa shape index (κ1) is 12.8. The molecule has 1 spiro atoms. The maximum absolute atomic E-state index is 11.7. The van der Waals surface area contributed by atoms with Crippen LogP contribution in [-0.4, -0.2) is 37.0 Å². The van der Waals surface area contributed by atoms with Crippen LogP contribution in [0.1, 0.15) is 39.0 Å². The fraction of sp³-hybridized carbons (Fsp3) is 0.917. The van der Waals surface area contributed by atoms with Gasteiger partial charge in [0.1, 0.15) is 0 Å². The Morgan fingerprint density at radius 3 is 2.29 bits per heavy atom. The van der Waals surface area contributed by atoms with Crippen molar-refractivity contribution in [2.24, 2.45) is 5.73 Å². The normalized spacial score (nSPS) is 26.2. The van der Waals surface area contributed by atoms with E-state index in [9.17, 15) is 4.79 Å². The number of hydrogen-bond donors (Lipinski definition) is 2. The van der Waals surface area contributed by atoms with E-state index in [2.05, 4.69) is 12.2 Å². The minimum atomic E-state index is -0.559. The van der Waals surface area contributed by atoms with Crippen molar-refractivity contribution in [3.8, 4) is 0 Å². The molecule has 0 unspecified atom stereocenters. The third kappa shape index (κ3) is 2.46. The first-order valence-corrected chi connectivity index (χ1v) is 6.45. The molecule has 1 heterocycles. The number of amides is 1. The van der Waals surface area contributed by atoms with Crippen molar-refractivity contribution < 1.29 is 14.3 Å². The average molecular weight is 242 g/mol. The third-order valence-electron chi connectivity index (χ3n) is 3.86. The van der Waals surface area contributed by atoms with Crippen LogP contribution in [0.15, 0.2) is 0 Å². The molecule has 17 heavy (non-hydrogen) atoms. The van der Waals surface area contributed by atoms with E-state index in [1.165, 1.54) is 0 Å². The number of rotatable bonds is 4. The van der Waals surface area contributed by atoms with Gasteiger partial charge in [-0.25, -0.2) is 0 Å². The Balaban J connectivity index is 1.99. The number of carbonyl (C=O) groups excluding carboxylic acids is 1. The van der Waals surface area contributed by atoms with Crippen molar-refractivity contribution in [1.29, 1.82) is 0 Å². The zero-order valence-corrected chi connectivity index (χ0v) is 10.5. The second-order valence-electron chi connectivity index (χ2n) is 4.98. The van der Waals surface area contributed by atoms with Gasteiger partial charge in [-0.15, -0.1) is 0 Å². The van der Waals surface area contributed by atoms with Crippen LogP contribution in [-0.2, 0) is 14.3 Å². The number of ether oxygens (including phenoxy) is 2. The molecule has 5 heteroatoms. The summed E-state index contributed by atoms with van der Waals surface area (Å²) in [5, 5.41) is 3.30. The van der Waals surface area contributed by atoms with Crippen LogP contribution in [0, 0.1) is 0 Å². The van der Waals surface area contributed by atoms with E-state index in [4.69, 9.17) is 15.2 Å². The predicted octanol–water partition coefficient (Wildman–Crippen LogP) is 0.527. The molecule has 1 aliphatic carbocycles. The van der Waals surface area contributed by atoms with E-state index in [-0.39, 0.29) is 5.91 Å². The van der Waals surface area contributed by atoms with Crippen LogP contribution in [0.3, 0.4) is 0 Å². The molecule has 2 aliphatic rings. The summed E-state index contributed by atoms with van der Waals surface area (Å²) in [6.07, 6.45) is 3.87. The van der Waals surface area contributed by atoms with Gasteiger partial charge in [0.15, 0.2) is 5.79 Å². The van der Waals surface area contributed by atoms with Crippen LogP contribution in [0.4, 0.5) is 0 Å². The number of primary amides is 1. The van der Waals surface area contributed by atoms with Gasteiger partial charge in [0.2, 0.25) is 5.91 Å². The summed E-state index contributed by atoms with van der Waals surface area (Å²) >= 11 is 0. The van der Waals surface area contributed by atoms with Gasteiger partial charge >= 0.3 is 0 Å². The Labute approximate surface area is 102 Å². The van der Waals surface area contributed by atoms with Crippen molar-refractivity contribution in [2.45, 2.75) is 50.4 Å². The van der Waals surface area contributed by atoms with E-state index in [1.807, 2.05) is 0 Å². The van der Waals surface area contributed by atoms with Crippen LogP contribution in [0.25, 0.3) is 0 Å². The van der Waals surface area contributed by atoms with E-state index in [0.717, 1.165) is 25.8 Å². The van der Waals surface area contributed by atoms with Gasteiger partial charge in [-0.1, -0.05) is 6.92 Å². The van der Waals surface area contributed by atoms with E-state index < -0.39 is 11.3 Å². The molecule has 98 valence electrons. The molecule has 0 bridgehead atoms. The molecular weight excluding hydrogens is 220 g/mol. The highest BCUT2D eigenvalue weighted by Gasteiger charge is 2.48. The van der Waals surface area contributed by atoms with Crippen LogP contribution < -0.4 is 11.1 Å². The lowest BCUT2D eigenvalue weighted by Crippen LogP contribution is -2.59. The van der Waals surface area contributed by atoms with Gasteiger partial charge in [-0.05, 0) is 25.8 Å². The van der Waals surface area contributed by atoms with Crippen molar-refractivity contribution in [3.63, 3.8) is 0 Å². The van der Waals surface area contributed by atoms with Crippen LogP contribution >= 0.6 is 0 Å². The molecule has 1 amide bonds. The zero-order chi connectivity index (χ0) is 12.4. The monoisotopic (exact) mass is 242 g/mol. The molecule has 1 aliphatic heterocycles. The highest BCUT2D eigenvalue weighted by atomic mass is 16.7. The lowest BCUT2D eigenvalue weighted by molar-refractivity contribution is -0.187. The van der Waals surface area contributed by atoms with Crippen molar-refractivity contribution in [2.75, 3.05) is 19.8 Å². The molecular formula is C12H22N2O3. The molecule has 0 atom stereocenters. The molecule has 0 radical (unpaired) electrons. The number of nitrogens with two attached hydrogens (primary N) is 1. The van der Waals surface area contributed by atoms with Gasteiger partial charge in [0, 0.05) is 12.8 Å². The van der Waals surface area contributed by atoms with Crippen molar-refractivity contribution in [1.82, 2.24) is 5.32 Å². The molecule has 0 aromatic carbocycles. The SMILES string of the molecule is CCCNC1(C(N)=O)CCC2(CC1)OCCO2. The first-order chi connectivity index (χ1) is 8.13. The van der Waals surface area contributed by atoms with E-state index in [1.54, 1.807) is 0 Å². The molecule has 0 aromatic heterocycles. The Morgan fingerprint density at radius 2 is 1.82 bits per heavy atom. The highest BCUT2D eigenvalue weighted by molar-refractivity contribution is 5.84. The molecule has 5 nitrogen and oxygen atoms in total. The highest BCUT2D eigenvalue weighted by Crippen LogP contribution is 2.40. The maximum atomic E-state index is 11.7. The zero-order valence-electron chi connectivity index (χ0n) is 10.5. The standard InChI is InChI=1S/C12H22N2O3/c1-2-7-14-11(10(13)15)3-5-12(6-4-11)16-8-9-17-12/h14H,2-9H2,1H3,(H2,13,15). The lowest BCUT2D eigenvalue weighted by atomic mass is 9.78. The van der Waals surface area contributed by atoms with Crippen molar-refractivity contribution >= 4 is 5.91 Å². The largest absolute Gasteiger partial charge is 0.368 e. The summed E-state index contributed by atoms with van der Waals surface area (Å²) in [4.78, 5) is 11.7. The average Bonchev–Trinajstić information content (AvgIpc) is 2.77. The molecule has 1 saturated carbocycles. The summed E-state index contributed by atoms with van der Waals surface area (Å²) in [5.41, 5.74) is 4.99. The van der Waals surface area contributed by atoms with E-state index >= 15 is 0 Å². The summed E-state index contributed by atoms with van der Waals surface area (Å²) in [5.74, 6) is -0.689. The Morgan fingerprint density at radius 1 is 1.24 bits per heavy atom. The molecule has 1 saturated heterocycles. The summed E-state index contributed by atoms with van der Waals surface area (Å²) in [6.45, 7) is 4.21. The smallest absolute Gasteiger partial charge is 0.237 e. The van der Waals surface area contributed by atoms with Gasteiger partial charge < -0.3 is 20.5 Å². The first-order valence-electron chi connectivity index (χ1n) is 6.45. The molecule has 0 aromatic rings. The summed E-state index contributed by atoms with van der Waals surface area (Å²) in [7, 11) is 0. The van der Waals surface area contributed by atoms with Crippen LogP contribution in [0.5, 0.6) is 0 Å². The predicted molar refractivity (Wildman–Crippen MR) is 63.3 cm³/mol. The summed E-state index contributed by atoms with van der Waals surface area (Å²) in [6, 6.07) is 0. The molecule has 2 rings (SSSR count). The Kier molecular flexibility index (Phi) is 3.70. The van der Waals surface area contributed by atoms with Gasteiger partial charge in [-0.2, -0.15) is 0 Å². The Hall–Kier alpha value is -0.650. The fourth-order valence-electron chi connectivity index (χ4n) is 2.72.